The molecule has 0 radical (unpaired) electrons. The van der Waals surface area contributed by atoms with Crippen LogP contribution in [0, 0.1) is 12.7 Å². The topological polar surface area (TPSA) is 85.7 Å². The number of fused-ring (bicyclic) bond motifs is 1. The number of benzene rings is 2. The standard InChI is InChI=1S/C28H31FN4O4/c1-18-22(16-32(2)31-18)26(27(34)30-20-10-4-3-5-11-20)33(21-12-8-9-19(29)15-21)28(35)25-17-36-23-13-6-7-14-24(23)37-25/h6-9,12-16,20,25-26H,3-5,10-11,17H2,1-2H3,(H,30,34)/t25-,26-/m0/s1. The number of nitrogens with one attached hydrogen (secondary N) is 1. The first-order chi connectivity index (χ1) is 17.9. The molecule has 194 valence electrons. The van der Waals surface area contributed by atoms with Gasteiger partial charge in [0.15, 0.2) is 11.5 Å². The quantitative estimate of drug-likeness (QED) is 0.541. The van der Waals surface area contributed by atoms with Gasteiger partial charge in [0.25, 0.3) is 5.91 Å². The fraction of sp³-hybridized carbons (Fsp3) is 0.393. The molecule has 2 aromatic carbocycles. The van der Waals surface area contributed by atoms with Gasteiger partial charge < -0.3 is 14.8 Å². The van der Waals surface area contributed by atoms with E-state index >= 15 is 0 Å². The number of carbonyl (C=O) groups excluding carboxylic acids is 2. The van der Waals surface area contributed by atoms with Crippen molar-refractivity contribution in [2.75, 3.05) is 11.5 Å². The van der Waals surface area contributed by atoms with E-state index in [-0.39, 0.29) is 24.2 Å². The fourth-order valence-corrected chi connectivity index (χ4v) is 5.14. The van der Waals surface area contributed by atoms with Crippen molar-refractivity contribution in [3.63, 3.8) is 0 Å². The van der Waals surface area contributed by atoms with Crippen LogP contribution in [0.15, 0.2) is 54.7 Å². The van der Waals surface area contributed by atoms with Gasteiger partial charge in [0, 0.05) is 30.5 Å². The lowest BCUT2D eigenvalue weighted by Gasteiger charge is -2.36. The average molecular weight is 507 g/mol. The molecule has 1 N–H and O–H groups in total. The summed E-state index contributed by atoms with van der Waals surface area (Å²) in [7, 11) is 1.76. The van der Waals surface area contributed by atoms with Crippen molar-refractivity contribution in [1.29, 1.82) is 0 Å². The minimum atomic E-state index is -1.08. The molecule has 1 aliphatic carbocycles. The van der Waals surface area contributed by atoms with E-state index in [2.05, 4.69) is 10.4 Å². The second kappa shape index (κ2) is 10.6. The Hall–Kier alpha value is -3.88. The van der Waals surface area contributed by atoms with Crippen LogP contribution in [-0.4, -0.2) is 40.3 Å². The second-order valence-electron chi connectivity index (χ2n) is 9.64. The van der Waals surface area contributed by atoms with Gasteiger partial charge in [-0.1, -0.05) is 37.5 Å². The van der Waals surface area contributed by atoms with Crippen molar-refractivity contribution in [3.8, 4) is 11.5 Å². The third kappa shape index (κ3) is 5.30. The zero-order valence-corrected chi connectivity index (χ0v) is 21.0. The lowest BCUT2D eigenvalue weighted by Crippen LogP contribution is -2.52. The van der Waals surface area contributed by atoms with E-state index in [4.69, 9.17) is 9.47 Å². The zero-order chi connectivity index (χ0) is 25.9. The molecule has 9 heteroatoms. The summed E-state index contributed by atoms with van der Waals surface area (Å²) in [5.74, 6) is -0.383. The number of aryl methyl sites for hydroxylation is 2. The highest BCUT2D eigenvalue weighted by molar-refractivity contribution is 6.03. The van der Waals surface area contributed by atoms with Crippen molar-refractivity contribution in [2.24, 2.45) is 7.05 Å². The lowest BCUT2D eigenvalue weighted by molar-refractivity contribution is -0.132. The van der Waals surface area contributed by atoms with Crippen LogP contribution in [0.25, 0.3) is 0 Å². The van der Waals surface area contributed by atoms with Crippen molar-refractivity contribution in [1.82, 2.24) is 15.1 Å². The molecule has 2 atom stereocenters. The number of amides is 2. The molecule has 0 spiro atoms. The maximum atomic E-state index is 14.4. The molecular formula is C28H31FN4O4. The third-order valence-corrected chi connectivity index (χ3v) is 6.91. The van der Waals surface area contributed by atoms with Gasteiger partial charge in [-0.15, -0.1) is 0 Å². The third-order valence-electron chi connectivity index (χ3n) is 6.91. The molecule has 0 bridgehead atoms. The molecule has 1 fully saturated rings. The van der Waals surface area contributed by atoms with E-state index in [9.17, 15) is 14.0 Å². The summed E-state index contributed by atoms with van der Waals surface area (Å²) in [6.45, 7) is 1.76. The monoisotopic (exact) mass is 506 g/mol. The molecule has 8 nitrogen and oxygen atoms in total. The fourth-order valence-electron chi connectivity index (χ4n) is 5.14. The van der Waals surface area contributed by atoms with Gasteiger partial charge >= 0.3 is 0 Å². The van der Waals surface area contributed by atoms with Crippen LogP contribution in [0.2, 0.25) is 0 Å². The maximum Gasteiger partial charge on any atom is 0.272 e. The van der Waals surface area contributed by atoms with E-state index in [1.807, 2.05) is 6.07 Å². The number of carbonyl (C=O) groups is 2. The highest BCUT2D eigenvalue weighted by Gasteiger charge is 2.41. The summed E-state index contributed by atoms with van der Waals surface area (Å²) in [5.41, 5.74) is 1.41. The van der Waals surface area contributed by atoms with Crippen molar-refractivity contribution >= 4 is 17.5 Å². The van der Waals surface area contributed by atoms with Crippen molar-refractivity contribution < 1.29 is 23.5 Å². The summed E-state index contributed by atoms with van der Waals surface area (Å²) >= 11 is 0. The van der Waals surface area contributed by atoms with Crippen LogP contribution in [0.1, 0.15) is 49.4 Å². The maximum absolute atomic E-state index is 14.4. The number of hydrogen-bond acceptors (Lipinski definition) is 5. The van der Waals surface area contributed by atoms with Gasteiger partial charge in [0.05, 0.1) is 5.69 Å². The van der Waals surface area contributed by atoms with Gasteiger partial charge in [0.1, 0.15) is 18.5 Å². The number of ether oxygens (including phenoxy) is 2. The van der Waals surface area contributed by atoms with E-state index in [0.717, 1.165) is 32.1 Å². The molecule has 5 rings (SSSR count). The van der Waals surface area contributed by atoms with Crippen LogP contribution >= 0.6 is 0 Å². The van der Waals surface area contributed by atoms with Gasteiger partial charge in [0.2, 0.25) is 12.0 Å². The molecule has 0 unspecified atom stereocenters. The van der Waals surface area contributed by atoms with Gasteiger partial charge in [-0.25, -0.2) is 4.39 Å². The number of nitrogens with zero attached hydrogens (tertiary/aromatic N) is 3. The molecule has 0 saturated heterocycles. The van der Waals surface area contributed by atoms with Crippen LogP contribution in [0.5, 0.6) is 11.5 Å². The minimum Gasteiger partial charge on any atom is -0.485 e. The molecule has 1 aliphatic heterocycles. The average Bonchev–Trinajstić information content (AvgIpc) is 3.24. The number of rotatable bonds is 6. The summed E-state index contributed by atoms with van der Waals surface area (Å²) in [6, 6.07) is 11.7. The predicted octanol–water partition coefficient (Wildman–Crippen LogP) is 4.23. The Morgan fingerprint density at radius 2 is 1.86 bits per heavy atom. The molecule has 1 saturated carbocycles. The number of hydrogen-bond donors (Lipinski definition) is 1. The van der Waals surface area contributed by atoms with E-state index in [0.29, 0.717) is 22.8 Å². The predicted molar refractivity (Wildman–Crippen MR) is 136 cm³/mol. The molecule has 2 aliphatic rings. The molecule has 1 aromatic heterocycles. The Kier molecular flexibility index (Phi) is 7.12. The van der Waals surface area contributed by atoms with E-state index < -0.39 is 23.9 Å². The Morgan fingerprint density at radius 1 is 1.11 bits per heavy atom. The Bertz CT molecular complexity index is 1290. The van der Waals surface area contributed by atoms with Crippen LogP contribution < -0.4 is 19.7 Å². The lowest BCUT2D eigenvalue weighted by atomic mass is 9.94. The van der Waals surface area contributed by atoms with Gasteiger partial charge in [-0.3, -0.25) is 19.2 Å². The largest absolute Gasteiger partial charge is 0.485 e. The summed E-state index contributed by atoms with van der Waals surface area (Å²) < 4.78 is 27.9. The van der Waals surface area contributed by atoms with Gasteiger partial charge in [-0.05, 0) is 50.1 Å². The Morgan fingerprint density at radius 3 is 2.57 bits per heavy atom. The smallest absolute Gasteiger partial charge is 0.272 e. The molecule has 37 heavy (non-hydrogen) atoms. The zero-order valence-electron chi connectivity index (χ0n) is 21.0. The van der Waals surface area contributed by atoms with Crippen LogP contribution in [-0.2, 0) is 16.6 Å². The minimum absolute atomic E-state index is 0.0197. The van der Waals surface area contributed by atoms with Crippen LogP contribution in [0.3, 0.4) is 0 Å². The molecule has 2 amide bonds. The summed E-state index contributed by atoms with van der Waals surface area (Å²) in [6.07, 6.45) is 5.70. The Labute approximate surface area is 215 Å². The van der Waals surface area contributed by atoms with E-state index in [1.165, 1.54) is 23.1 Å². The highest BCUT2D eigenvalue weighted by atomic mass is 19.1. The molecule has 3 aromatic rings. The first-order valence-corrected chi connectivity index (χ1v) is 12.7. The summed E-state index contributed by atoms with van der Waals surface area (Å²) in [4.78, 5) is 29.4. The Balaban J connectivity index is 1.56. The number of anilines is 1. The van der Waals surface area contributed by atoms with Crippen molar-refractivity contribution in [3.05, 3.63) is 71.8 Å². The summed E-state index contributed by atoms with van der Waals surface area (Å²) in [5, 5.41) is 7.58. The first kappa shape index (κ1) is 24.8. The highest BCUT2D eigenvalue weighted by Crippen LogP contribution is 2.35. The molecule has 2 heterocycles. The SMILES string of the molecule is Cc1nn(C)cc1[C@@H](C(=O)NC1CCCCC1)N(C(=O)[C@@H]1COc2ccccc2O1)c1cccc(F)c1. The number of aromatic nitrogens is 2. The second-order valence-corrected chi connectivity index (χ2v) is 9.64. The van der Waals surface area contributed by atoms with Crippen molar-refractivity contribution in [2.45, 2.75) is 57.2 Å². The normalized spacial score (nSPS) is 18.2. The van der Waals surface area contributed by atoms with E-state index in [1.54, 1.807) is 49.1 Å². The number of halogens is 1. The van der Waals surface area contributed by atoms with Crippen LogP contribution in [0.4, 0.5) is 10.1 Å². The first-order valence-electron chi connectivity index (χ1n) is 12.7. The van der Waals surface area contributed by atoms with Gasteiger partial charge in [-0.2, -0.15) is 5.10 Å². The number of para-hydroxylation sites is 2. The molecular weight excluding hydrogens is 475 g/mol.